The standard InChI is InChI=1S/C33H28ClN5O10/c1-38-5-7-39(8-6-38)12-18(41)37-35-11-13-9-15-19(32(48)36-13)29(45)24-14(25(15)34)3-4-33(24)30(46)22-23(31(33)47)28(44)21-20(27(22)43)16(40)10-17(49-2)26(21)42/h9-11,45-47H,3-8,12H2,1-2H3,(H,36,48)(H,37,41)/b35-11+/t33-/m0/s1. The molecule has 2 aromatic rings. The van der Waals surface area contributed by atoms with Crippen LogP contribution in [0.15, 0.2) is 41.2 Å². The Balaban J connectivity index is 1.34. The Bertz CT molecular complexity index is 2660. The summed E-state index contributed by atoms with van der Waals surface area (Å²) in [4.78, 5) is 85.6. The van der Waals surface area contributed by atoms with E-state index in [0.29, 0.717) is 0 Å². The van der Waals surface area contributed by atoms with Crippen molar-refractivity contribution in [3.8, 4) is 11.5 Å². The number of ether oxygens (including phenoxy) is 1. The average molecular weight is 690 g/mol. The van der Waals surface area contributed by atoms with Crippen LogP contribution in [-0.2, 0) is 16.6 Å². The predicted octanol–water partition coefficient (Wildman–Crippen LogP) is -2.14. The molecule has 15 nitrogen and oxygen atoms in total. The number of aromatic hydroxyl groups is 1. The van der Waals surface area contributed by atoms with Crippen LogP contribution < -0.4 is 47.9 Å². The number of phenolic OH excluding ortho intramolecular Hbond substituents is 1. The molecule has 7 rings (SSSR count). The van der Waals surface area contributed by atoms with Gasteiger partial charge in [0.2, 0.25) is 16.3 Å². The number of hydrogen-bond donors (Lipinski definition) is 5. The zero-order valence-corrected chi connectivity index (χ0v) is 26.9. The van der Waals surface area contributed by atoms with E-state index < -0.39 is 76.6 Å². The SMILES string of the molecule is COc1cc(=O)c2c(=O)c3c(c(=O)c=2c1=O)=C(O)[C@]1(CCc2c1c(O)c1c(=O)[nH]c(/C=N/NC(=O)CN4CCN(C)CC4)cc1c2Cl)C=3O. The first-order chi connectivity index (χ1) is 23.3. The molecule has 1 saturated heterocycles. The number of amides is 1. The number of hydrazone groups is 1. The molecular formula is C33H28ClN5O10. The molecule has 1 amide bonds. The van der Waals surface area contributed by atoms with E-state index in [1.54, 1.807) is 0 Å². The Morgan fingerprint density at radius 3 is 2.31 bits per heavy atom. The number of carbonyl (C=O) groups excluding carboxylic acids is 1. The lowest BCUT2D eigenvalue weighted by molar-refractivity contribution is -0.122. The highest BCUT2D eigenvalue weighted by Gasteiger charge is 2.53. The van der Waals surface area contributed by atoms with Crippen molar-refractivity contribution in [2.24, 2.45) is 5.10 Å². The molecule has 252 valence electrons. The summed E-state index contributed by atoms with van der Waals surface area (Å²) in [5.41, 5.74) is -4.72. The van der Waals surface area contributed by atoms with E-state index in [1.807, 2.05) is 11.9 Å². The summed E-state index contributed by atoms with van der Waals surface area (Å²) < 4.78 is 4.90. The van der Waals surface area contributed by atoms with Gasteiger partial charge in [0.15, 0.2) is 11.2 Å². The minimum atomic E-state index is -2.09. The van der Waals surface area contributed by atoms with Crippen molar-refractivity contribution < 1.29 is 24.9 Å². The van der Waals surface area contributed by atoms with Crippen LogP contribution in [0.3, 0.4) is 0 Å². The molecule has 5 N–H and O–H groups in total. The van der Waals surface area contributed by atoms with E-state index in [-0.39, 0.29) is 57.9 Å². The second kappa shape index (κ2) is 11.4. The Morgan fingerprint density at radius 1 is 1.00 bits per heavy atom. The highest BCUT2D eigenvalue weighted by Crippen LogP contribution is 2.56. The molecule has 0 unspecified atom stereocenters. The molecule has 49 heavy (non-hydrogen) atoms. The van der Waals surface area contributed by atoms with E-state index in [2.05, 4.69) is 20.4 Å². The quantitative estimate of drug-likeness (QED) is 0.112. The number of piperazine rings is 1. The third kappa shape index (κ3) is 4.53. The fourth-order valence-corrected chi connectivity index (χ4v) is 7.64. The lowest BCUT2D eigenvalue weighted by atomic mass is 9.78. The highest BCUT2D eigenvalue weighted by atomic mass is 35.5. The van der Waals surface area contributed by atoms with Crippen molar-refractivity contribution in [2.75, 3.05) is 46.9 Å². The maximum atomic E-state index is 13.7. The number of nitrogens with zero attached hydrogens (tertiary/aromatic N) is 3. The summed E-state index contributed by atoms with van der Waals surface area (Å²) in [6.07, 6.45) is 1.02. The van der Waals surface area contributed by atoms with Gasteiger partial charge in [-0.15, -0.1) is 0 Å². The van der Waals surface area contributed by atoms with Crippen LogP contribution in [0, 0.1) is 10.4 Å². The Hall–Kier alpha value is -5.38. The molecule has 0 saturated carbocycles. The van der Waals surface area contributed by atoms with E-state index >= 15 is 0 Å². The van der Waals surface area contributed by atoms with Crippen LogP contribution in [0.5, 0.6) is 11.5 Å². The van der Waals surface area contributed by atoms with Gasteiger partial charge in [-0.2, -0.15) is 5.10 Å². The number of aromatic amines is 1. The number of carbonyl (C=O) groups is 1. The lowest BCUT2D eigenvalue weighted by Crippen LogP contribution is -2.51. The molecule has 1 atom stereocenters. The zero-order chi connectivity index (χ0) is 35.1. The second-order valence-corrected chi connectivity index (χ2v) is 12.8. The second-order valence-electron chi connectivity index (χ2n) is 12.4. The largest absolute Gasteiger partial charge is 0.510 e. The van der Waals surface area contributed by atoms with E-state index in [4.69, 9.17) is 16.3 Å². The Labute approximate surface area is 278 Å². The number of hydrogen-bond acceptors (Lipinski definition) is 13. The van der Waals surface area contributed by atoms with Gasteiger partial charge >= 0.3 is 0 Å². The number of H-pyrrole nitrogens is 1. The topological polar surface area (TPSA) is 219 Å². The van der Waals surface area contributed by atoms with E-state index in [1.165, 1.54) is 12.3 Å². The number of phenols is 1. The molecule has 1 fully saturated rings. The van der Waals surface area contributed by atoms with Crippen LogP contribution in [0.1, 0.15) is 23.2 Å². The fraction of sp³-hybridized carbons (Fsp3) is 0.303. The minimum absolute atomic E-state index is 0.00762. The molecule has 1 spiro atoms. The van der Waals surface area contributed by atoms with Gasteiger partial charge in [-0.05, 0) is 31.5 Å². The summed E-state index contributed by atoms with van der Waals surface area (Å²) in [5.74, 6) is -3.17. The van der Waals surface area contributed by atoms with E-state index in [9.17, 15) is 44.1 Å². The van der Waals surface area contributed by atoms with Gasteiger partial charge in [-0.1, -0.05) is 11.6 Å². The Morgan fingerprint density at radius 2 is 1.65 bits per heavy atom. The van der Waals surface area contributed by atoms with Crippen molar-refractivity contribution in [3.05, 3.63) is 106 Å². The highest BCUT2D eigenvalue weighted by molar-refractivity contribution is 6.37. The summed E-state index contributed by atoms with van der Waals surface area (Å²) in [7, 11) is 3.11. The third-order valence-electron chi connectivity index (χ3n) is 9.73. The molecule has 5 aliphatic rings. The summed E-state index contributed by atoms with van der Waals surface area (Å²) in [6, 6.07) is 2.19. The maximum Gasteiger partial charge on any atom is 0.260 e. The number of aliphatic hydroxyl groups excluding tert-OH is 2. The molecule has 1 aliphatic heterocycles. The normalized spacial score (nSPS) is 19.4. The monoisotopic (exact) mass is 689 g/mol. The fourth-order valence-electron chi connectivity index (χ4n) is 7.30. The molecular weight excluding hydrogens is 662 g/mol. The maximum absolute atomic E-state index is 13.7. The third-order valence-corrected chi connectivity index (χ3v) is 10.2. The molecule has 4 aliphatic carbocycles. The Kier molecular flexibility index (Phi) is 7.46. The van der Waals surface area contributed by atoms with Crippen molar-refractivity contribution in [1.82, 2.24) is 20.2 Å². The molecule has 0 bridgehead atoms. The van der Waals surface area contributed by atoms with Gasteiger partial charge in [0.05, 0.1) is 56.8 Å². The van der Waals surface area contributed by atoms with Gasteiger partial charge in [0.25, 0.3) is 11.5 Å². The van der Waals surface area contributed by atoms with Gasteiger partial charge in [-0.3, -0.25) is 33.7 Å². The zero-order valence-electron chi connectivity index (χ0n) is 26.1. The van der Waals surface area contributed by atoms with Crippen molar-refractivity contribution in [3.63, 3.8) is 0 Å². The number of halogens is 1. The van der Waals surface area contributed by atoms with Crippen molar-refractivity contribution in [1.29, 1.82) is 0 Å². The lowest BCUT2D eigenvalue weighted by Gasteiger charge is -2.31. The number of rotatable bonds is 5. The van der Waals surface area contributed by atoms with Crippen molar-refractivity contribution >= 4 is 46.0 Å². The van der Waals surface area contributed by atoms with Crippen LogP contribution in [0.25, 0.3) is 22.3 Å². The number of fused-ring (bicyclic) bond motifs is 4. The van der Waals surface area contributed by atoms with Crippen LogP contribution in [0.2, 0.25) is 5.02 Å². The number of methoxy groups -OCH3 is 1. The molecule has 16 heteroatoms. The molecule has 1 aromatic heterocycles. The summed E-state index contributed by atoms with van der Waals surface area (Å²) in [6.45, 7) is 3.30. The first-order valence-electron chi connectivity index (χ1n) is 15.2. The number of nitrogens with one attached hydrogen (secondary N) is 2. The van der Waals surface area contributed by atoms with Crippen LogP contribution in [0.4, 0.5) is 0 Å². The van der Waals surface area contributed by atoms with E-state index in [0.717, 1.165) is 39.4 Å². The number of benzene rings is 1. The average Bonchev–Trinajstić information content (AvgIpc) is 3.57. The number of likely N-dealkylation sites (N-methyl/N-ethyl adjacent to an activating group) is 1. The number of pyridine rings is 1. The number of aromatic nitrogens is 1. The van der Waals surface area contributed by atoms with Gasteiger partial charge < -0.3 is 29.9 Å². The smallest absolute Gasteiger partial charge is 0.260 e. The van der Waals surface area contributed by atoms with Gasteiger partial charge in [0.1, 0.15) is 22.7 Å². The van der Waals surface area contributed by atoms with Crippen LogP contribution >= 0.6 is 11.6 Å². The molecule has 0 radical (unpaired) electrons. The van der Waals surface area contributed by atoms with Crippen LogP contribution in [-0.4, -0.2) is 89.1 Å². The minimum Gasteiger partial charge on any atom is -0.510 e. The molecule has 2 heterocycles. The van der Waals surface area contributed by atoms with Gasteiger partial charge in [-0.25, -0.2) is 5.43 Å². The number of aliphatic hydroxyl groups is 2. The first-order valence-corrected chi connectivity index (χ1v) is 15.6. The van der Waals surface area contributed by atoms with Gasteiger partial charge in [0, 0.05) is 43.2 Å². The molecule has 1 aromatic carbocycles. The predicted molar refractivity (Wildman–Crippen MR) is 178 cm³/mol. The first kappa shape index (κ1) is 32.2. The summed E-state index contributed by atoms with van der Waals surface area (Å²) in [5, 5.41) is 35.6. The van der Waals surface area contributed by atoms with Crippen molar-refractivity contribution in [2.45, 2.75) is 18.3 Å². The summed E-state index contributed by atoms with van der Waals surface area (Å²) >= 11 is 6.81.